The van der Waals surface area contributed by atoms with Gasteiger partial charge in [0.25, 0.3) is 5.91 Å². The fourth-order valence-electron chi connectivity index (χ4n) is 2.54. The first kappa shape index (κ1) is 18.4. The fraction of sp³-hybridized carbons (Fsp3) is 0.250. The van der Waals surface area contributed by atoms with Gasteiger partial charge in [-0.25, -0.2) is 0 Å². The third-order valence-electron chi connectivity index (χ3n) is 3.92. The van der Waals surface area contributed by atoms with Crippen molar-refractivity contribution in [2.75, 3.05) is 13.7 Å². The van der Waals surface area contributed by atoms with Gasteiger partial charge in [-0.1, -0.05) is 35.0 Å². The van der Waals surface area contributed by atoms with E-state index in [2.05, 4.69) is 15.5 Å². The van der Waals surface area contributed by atoms with Crippen LogP contribution in [0.5, 0.6) is 11.5 Å². The Kier molecular flexibility index (Phi) is 5.71. The molecule has 3 rings (SSSR count). The molecule has 0 aliphatic carbocycles. The SMILES string of the molecule is COc1cccc(-c2noc(CNC(=O)COc3ccc(C)cc3C)n2)c1. The average Bonchev–Trinajstić information content (AvgIpc) is 3.15. The van der Waals surface area contributed by atoms with Crippen molar-refractivity contribution in [2.45, 2.75) is 20.4 Å². The number of carbonyl (C=O) groups excluding carboxylic acids is 1. The fourth-order valence-corrected chi connectivity index (χ4v) is 2.54. The van der Waals surface area contributed by atoms with E-state index in [1.54, 1.807) is 7.11 Å². The van der Waals surface area contributed by atoms with Crippen molar-refractivity contribution in [1.82, 2.24) is 15.5 Å². The van der Waals surface area contributed by atoms with Crippen molar-refractivity contribution < 1.29 is 18.8 Å². The minimum atomic E-state index is -0.267. The van der Waals surface area contributed by atoms with Crippen LogP contribution >= 0.6 is 0 Å². The highest BCUT2D eigenvalue weighted by molar-refractivity contribution is 5.77. The smallest absolute Gasteiger partial charge is 0.258 e. The van der Waals surface area contributed by atoms with Crippen molar-refractivity contribution in [3.8, 4) is 22.9 Å². The van der Waals surface area contributed by atoms with E-state index in [9.17, 15) is 4.79 Å². The zero-order valence-corrected chi connectivity index (χ0v) is 15.5. The Morgan fingerprint density at radius 3 is 2.81 bits per heavy atom. The molecule has 3 aromatic rings. The van der Waals surface area contributed by atoms with E-state index in [4.69, 9.17) is 14.0 Å². The molecular formula is C20H21N3O4. The summed E-state index contributed by atoms with van der Waals surface area (Å²) in [7, 11) is 1.59. The number of nitrogens with zero attached hydrogens (tertiary/aromatic N) is 2. The quantitative estimate of drug-likeness (QED) is 0.691. The van der Waals surface area contributed by atoms with Gasteiger partial charge in [-0.15, -0.1) is 0 Å². The monoisotopic (exact) mass is 367 g/mol. The third kappa shape index (κ3) is 4.84. The molecule has 0 aliphatic heterocycles. The van der Waals surface area contributed by atoms with Gasteiger partial charge in [0.05, 0.1) is 13.7 Å². The topological polar surface area (TPSA) is 86.5 Å². The molecule has 1 N–H and O–H groups in total. The molecule has 0 atom stereocenters. The number of hydrogen-bond donors (Lipinski definition) is 1. The van der Waals surface area contributed by atoms with Crippen LogP contribution in [0.15, 0.2) is 47.0 Å². The highest BCUT2D eigenvalue weighted by atomic mass is 16.5. The number of nitrogens with one attached hydrogen (secondary N) is 1. The molecule has 1 aromatic heterocycles. The molecule has 0 fully saturated rings. The van der Waals surface area contributed by atoms with Gasteiger partial charge in [-0.05, 0) is 37.6 Å². The first-order valence-corrected chi connectivity index (χ1v) is 8.49. The number of aryl methyl sites for hydroxylation is 2. The van der Waals surface area contributed by atoms with Crippen LogP contribution in [-0.4, -0.2) is 29.8 Å². The lowest BCUT2D eigenvalue weighted by Gasteiger charge is -2.09. The zero-order chi connectivity index (χ0) is 19.2. The number of ether oxygens (including phenoxy) is 2. The summed E-state index contributed by atoms with van der Waals surface area (Å²) in [6, 6.07) is 13.1. The summed E-state index contributed by atoms with van der Waals surface area (Å²) in [4.78, 5) is 16.3. The van der Waals surface area contributed by atoms with Gasteiger partial charge in [-0.2, -0.15) is 4.98 Å². The average molecular weight is 367 g/mol. The molecule has 1 amide bonds. The first-order chi connectivity index (χ1) is 13.0. The number of carbonyl (C=O) groups is 1. The van der Waals surface area contributed by atoms with Gasteiger partial charge in [0.2, 0.25) is 11.7 Å². The predicted molar refractivity (Wildman–Crippen MR) is 99.5 cm³/mol. The van der Waals surface area contributed by atoms with Crippen molar-refractivity contribution in [2.24, 2.45) is 0 Å². The lowest BCUT2D eigenvalue weighted by Crippen LogP contribution is -2.28. The molecule has 0 aliphatic rings. The van der Waals surface area contributed by atoms with Gasteiger partial charge >= 0.3 is 0 Å². The van der Waals surface area contributed by atoms with Gasteiger partial charge in [0, 0.05) is 5.56 Å². The second kappa shape index (κ2) is 8.35. The lowest BCUT2D eigenvalue weighted by molar-refractivity contribution is -0.123. The first-order valence-electron chi connectivity index (χ1n) is 8.49. The summed E-state index contributed by atoms with van der Waals surface area (Å²) >= 11 is 0. The van der Waals surface area contributed by atoms with E-state index < -0.39 is 0 Å². The minimum absolute atomic E-state index is 0.0826. The second-order valence-electron chi connectivity index (χ2n) is 6.08. The number of aromatic nitrogens is 2. The molecule has 0 spiro atoms. The Morgan fingerprint density at radius 1 is 1.19 bits per heavy atom. The number of rotatable bonds is 7. The second-order valence-corrected chi connectivity index (χ2v) is 6.08. The Hall–Kier alpha value is -3.35. The molecule has 140 valence electrons. The van der Waals surface area contributed by atoms with Crippen molar-refractivity contribution in [1.29, 1.82) is 0 Å². The summed E-state index contributed by atoms with van der Waals surface area (Å²) in [6.07, 6.45) is 0. The minimum Gasteiger partial charge on any atom is -0.497 e. The molecule has 2 aromatic carbocycles. The van der Waals surface area contributed by atoms with Crippen molar-refractivity contribution in [3.05, 3.63) is 59.5 Å². The molecule has 7 heteroatoms. The van der Waals surface area contributed by atoms with Crippen molar-refractivity contribution >= 4 is 5.91 Å². The van der Waals surface area contributed by atoms with E-state index in [0.29, 0.717) is 23.2 Å². The van der Waals surface area contributed by atoms with Crippen LogP contribution < -0.4 is 14.8 Å². The number of amides is 1. The summed E-state index contributed by atoms with van der Waals surface area (Å²) in [5.74, 6) is 1.87. The Labute approximate surface area is 157 Å². The number of methoxy groups -OCH3 is 1. The summed E-state index contributed by atoms with van der Waals surface area (Å²) in [6.45, 7) is 4.00. The van der Waals surface area contributed by atoms with E-state index in [0.717, 1.165) is 16.7 Å². The van der Waals surface area contributed by atoms with Crippen LogP contribution in [0.1, 0.15) is 17.0 Å². The number of hydrogen-bond acceptors (Lipinski definition) is 6. The molecular weight excluding hydrogens is 346 g/mol. The van der Waals surface area contributed by atoms with E-state index in [1.807, 2.05) is 56.3 Å². The molecule has 7 nitrogen and oxygen atoms in total. The number of benzene rings is 2. The summed E-state index contributed by atoms with van der Waals surface area (Å²) in [5, 5.41) is 6.63. The lowest BCUT2D eigenvalue weighted by atomic mass is 10.1. The molecule has 0 saturated heterocycles. The summed E-state index contributed by atoms with van der Waals surface area (Å²) in [5.41, 5.74) is 2.91. The predicted octanol–water partition coefficient (Wildman–Crippen LogP) is 3.06. The Bertz CT molecular complexity index is 936. The molecule has 0 saturated carbocycles. The molecule has 0 unspecified atom stereocenters. The summed E-state index contributed by atoms with van der Waals surface area (Å²) < 4.78 is 15.9. The standard InChI is InChI=1S/C20H21N3O4/c1-13-7-8-17(14(2)9-13)26-12-18(24)21-11-19-22-20(23-27-19)15-5-4-6-16(10-15)25-3/h4-10H,11-12H2,1-3H3,(H,21,24). The Balaban J connectivity index is 1.52. The molecule has 1 heterocycles. The Morgan fingerprint density at radius 2 is 2.04 bits per heavy atom. The van der Waals surface area contributed by atoms with Crippen LogP contribution in [-0.2, 0) is 11.3 Å². The maximum absolute atomic E-state index is 12.0. The van der Waals surface area contributed by atoms with Gasteiger partial charge in [0.1, 0.15) is 11.5 Å². The highest BCUT2D eigenvalue weighted by Gasteiger charge is 2.11. The van der Waals surface area contributed by atoms with E-state index in [1.165, 1.54) is 0 Å². The largest absolute Gasteiger partial charge is 0.497 e. The van der Waals surface area contributed by atoms with Crippen molar-refractivity contribution in [3.63, 3.8) is 0 Å². The van der Waals surface area contributed by atoms with E-state index >= 15 is 0 Å². The van der Waals surface area contributed by atoms with Crippen LogP contribution in [0.25, 0.3) is 11.4 Å². The molecule has 27 heavy (non-hydrogen) atoms. The van der Waals surface area contributed by atoms with Gasteiger partial charge in [-0.3, -0.25) is 4.79 Å². The highest BCUT2D eigenvalue weighted by Crippen LogP contribution is 2.21. The van der Waals surface area contributed by atoms with Crippen LogP contribution in [0.3, 0.4) is 0 Å². The normalized spacial score (nSPS) is 10.5. The van der Waals surface area contributed by atoms with Crippen LogP contribution in [0, 0.1) is 13.8 Å². The zero-order valence-electron chi connectivity index (χ0n) is 15.5. The molecule has 0 radical (unpaired) electrons. The maximum Gasteiger partial charge on any atom is 0.258 e. The van der Waals surface area contributed by atoms with Gasteiger partial charge in [0.15, 0.2) is 6.61 Å². The van der Waals surface area contributed by atoms with Gasteiger partial charge < -0.3 is 19.3 Å². The maximum atomic E-state index is 12.0. The third-order valence-corrected chi connectivity index (χ3v) is 3.92. The van der Waals surface area contributed by atoms with Crippen LogP contribution in [0.2, 0.25) is 0 Å². The van der Waals surface area contributed by atoms with Crippen LogP contribution in [0.4, 0.5) is 0 Å². The molecule has 0 bridgehead atoms. The van der Waals surface area contributed by atoms with E-state index in [-0.39, 0.29) is 19.1 Å².